The number of pyridine rings is 1. The van der Waals surface area contributed by atoms with Crippen LogP contribution in [0.3, 0.4) is 0 Å². The van der Waals surface area contributed by atoms with Gasteiger partial charge in [0.25, 0.3) is 0 Å². The highest BCUT2D eigenvalue weighted by atomic mass is 15.1. The molecule has 3 heterocycles. The van der Waals surface area contributed by atoms with Crippen LogP contribution in [0.5, 0.6) is 0 Å². The number of fused-ring (bicyclic) bond motifs is 5. The van der Waals surface area contributed by atoms with E-state index in [0.717, 1.165) is 23.7 Å². The van der Waals surface area contributed by atoms with Gasteiger partial charge in [0, 0.05) is 18.6 Å². The first-order chi connectivity index (χ1) is 15.2. The molecule has 2 aromatic carbocycles. The van der Waals surface area contributed by atoms with Crippen molar-refractivity contribution in [1.82, 2.24) is 9.55 Å². The maximum absolute atomic E-state index is 4.98. The number of hydrogen-bond donors (Lipinski definition) is 0. The second-order valence-corrected chi connectivity index (χ2v) is 9.56. The molecule has 1 aliphatic heterocycles. The predicted molar refractivity (Wildman–Crippen MR) is 126 cm³/mol. The van der Waals surface area contributed by atoms with Gasteiger partial charge in [-0.05, 0) is 54.2 Å². The van der Waals surface area contributed by atoms with Gasteiger partial charge in [0.05, 0.1) is 22.3 Å². The lowest BCUT2D eigenvalue weighted by Gasteiger charge is -2.21. The van der Waals surface area contributed by atoms with Crippen LogP contribution < -0.4 is 4.57 Å². The Morgan fingerprint density at radius 2 is 1.87 bits per heavy atom. The molecule has 4 aromatic rings. The van der Waals surface area contributed by atoms with Crippen molar-refractivity contribution in [2.24, 2.45) is 13.0 Å². The molecule has 0 saturated heterocycles. The third-order valence-electron chi connectivity index (χ3n) is 7.39. The highest BCUT2D eigenvalue weighted by Gasteiger charge is 2.24. The molecule has 1 aliphatic carbocycles. The lowest BCUT2D eigenvalue weighted by Crippen LogP contribution is -2.31. The molecule has 1 saturated carbocycles. The lowest BCUT2D eigenvalue weighted by molar-refractivity contribution is -0.660. The van der Waals surface area contributed by atoms with Crippen molar-refractivity contribution < 1.29 is 4.57 Å². The number of imidazole rings is 1. The molecule has 0 spiro atoms. The third-order valence-corrected chi connectivity index (χ3v) is 7.39. The molecule has 2 aromatic heterocycles. The summed E-state index contributed by atoms with van der Waals surface area (Å²) in [5, 5.41) is 0. The summed E-state index contributed by atoms with van der Waals surface area (Å²) in [6.07, 6.45) is 11.4. The normalized spacial score (nSPS) is 15.9. The Morgan fingerprint density at radius 1 is 1.03 bits per heavy atom. The van der Waals surface area contributed by atoms with Crippen LogP contribution in [0.4, 0.5) is 0 Å². The van der Waals surface area contributed by atoms with Gasteiger partial charge < -0.3 is 0 Å². The Bertz CT molecular complexity index is 1290. The van der Waals surface area contributed by atoms with E-state index in [4.69, 9.17) is 4.98 Å². The Balaban J connectivity index is 1.45. The summed E-state index contributed by atoms with van der Waals surface area (Å²) < 4.78 is 4.63. The van der Waals surface area contributed by atoms with Gasteiger partial charge in [0.1, 0.15) is 12.9 Å². The van der Waals surface area contributed by atoms with E-state index in [1.54, 1.807) is 0 Å². The van der Waals surface area contributed by atoms with E-state index in [1.807, 2.05) is 0 Å². The van der Waals surface area contributed by atoms with Crippen LogP contribution in [0, 0.1) is 12.8 Å². The third kappa shape index (κ3) is 3.18. The zero-order valence-corrected chi connectivity index (χ0v) is 18.6. The summed E-state index contributed by atoms with van der Waals surface area (Å²) in [5.41, 5.74) is 10.4. The van der Waals surface area contributed by atoms with Crippen molar-refractivity contribution in [2.75, 3.05) is 0 Å². The average Bonchev–Trinajstić information content (AvgIpc) is 3.30. The van der Waals surface area contributed by atoms with Crippen LogP contribution in [0.25, 0.3) is 28.0 Å². The lowest BCUT2D eigenvalue weighted by atomic mass is 9.85. The van der Waals surface area contributed by atoms with Crippen molar-refractivity contribution in [2.45, 2.75) is 51.9 Å². The number of hydrogen-bond acceptors (Lipinski definition) is 1. The molecule has 0 radical (unpaired) electrons. The average molecular weight is 409 g/mol. The van der Waals surface area contributed by atoms with Gasteiger partial charge in [-0.25, -0.2) is 9.55 Å². The first-order valence-corrected chi connectivity index (χ1v) is 11.8. The van der Waals surface area contributed by atoms with E-state index in [2.05, 4.69) is 77.8 Å². The molecule has 0 amide bonds. The van der Waals surface area contributed by atoms with E-state index >= 15 is 0 Å². The van der Waals surface area contributed by atoms with Crippen LogP contribution in [-0.2, 0) is 19.9 Å². The minimum Gasteiger partial charge on any atom is -0.296 e. The molecule has 1 fully saturated rings. The molecule has 0 unspecified atom stereocenters. The van der Waals surface area contributed by atoms with Crippen molar-refractivity contribution in [1.29, 1.82) is 0 Å². The van der Waals surface area contributed by atoms with Crippen LogP contribution in [-0.4, -0.2) is 9.55 Å². The number of aromatic nitrogens is 3. The molecule has 3 nitrogen and oxygen atoms in total. The summed E-state index contributed by atoms with van der Waals surface area (Å²) in [5.74, 6) is 2.01. The van der Waals surface area contributed by atoms with Crippen LogP contribution in [0.15, 0.2) is 54.7 Å². The smallest absolute Gasteiger partial charge is 0.212 e. The summed E-state index contributed by atoms with van der Waals surface area (Å²) in [6.45, 7) is 2.22. The highest BCUT2D eigenvalue weighted by Crippen LogP contribution is 2.35. The first-order valence-electron chi connectivity index (χ1n) is 11.8. The number of nitrogens with zero attached hydrogens (tertiary/aromatic N) is 3. The van der Waals surface area contributed by atoms with Crippen molar-refractivity contribution in [3.63, 3.8) is 0 Å². The molecule has 2 aliphatic rings. The van der Waals surface area contributed by atoms with Crippen LogP contribution >= 0.6 is 0 Å². The van der Waals surface area contributed by atoms with Gasteiger partial charge in [0.15, 0.2) is 6.20 Å². The van der Waals surface area contributed by atoms with Gasteiger partial charge in [0.2, 0.25) is 5.69 Å². The van der Waals surface area contributed by atoms with Crippen molar-refractivity contribution >= 4 is 11.0 Å². The zero-order chi connectivity index (χ0) is 20.9. The SMILES string of the molecule is Cc1cc2nc3n(c2cc1-c1cc(CC2CCCCC2)cc[n+]1C)-c1ccccc1C3. The fourth-order valence-corrected chi connectivity index (χ4v) is 5.72. The quantitative estimate of drug-likeness (QED) is 0.343. The Kier molecular flexibility index (Phi) is 4.45. The van der Waals surface area contributed by atoms with E-state index in [9.17, 15) is 0 Å². The van der Waals surface area contributed by atoms with Gasteiger partial charge >= 0.3 is 0 Å². The minimum atomic E-state index is 0.854. The fraction of sp³-hybridized carbons (Fsp3) is 0.357. The summed E-state index contributed by atoms with van der Waals surface area (Å²) in [7, 11) is 2.17. The van der Waals surface area contributed by atoms with E-state index < -0.39 is 0 Å². The highest BCUT2D eigenvalue weighted by molar-refractivity contribution is 5.86. The largest absolute Gasteiger partial charge is 0.296 e. The monoisotopic (exact) mass is 408 g/mol. The van der Waals surface area contributed by atoms with E-state index in [1.165, 1.54) is 77.7 Å². The van der Waals surface area contributed by atoms with Crippen LogP contribution in [0.1, 0.15) is 54.6 Å². The van der Waals surface area contributed by atoms with E-state index in [-0.39, 0.29) is 0 Å². The molecule has 0 N–H and O–H groups in total. The first kappa shape index (κ1) is 18.8. The van der Waals surface area contributed by atoms with Gasteiger partial charge in [-0.3, -0.25) is 4.57 Å². The molecule has 156 valence electrons. The number of benzene rings is 2. The second-order valence-electron chi connectivity index (χ2n) is 9.56. The van der Waals surface area contributed by atoms with Crippen LogP contribution in [0.2, 0.25) is 0 Å². The zero-order valence-electron chi connectivity index (χ0n) is 18.6. The molecule has 6 rings (SSSR count). The van der Waals surface area contributed by atoms with Crippen molar-refractivity contribution in [3.05, 3.63) is 77.2 Å². The van der Waals surface area contributed by atoms with Gasteiger partial charge in [-0.15, -0.1) is 0 Å². The molecular formula is C28H30N3+. The van der Waals surface area contributed by atoms with Gasteiger partial charge in [-0.2, -0.15) is 0 Å². The minimum absolute atomic E-state index is 0.854. The Hall–Kier alpha value is -2.94. The predicted octanol–water partition coefficient (Wildman–Crippen LogP) is 5.85. The Morgan fingerprint density at radius 3 is 2.74 bits per heavy atom. The summed E-state index contributed by atoms with van der Waals surface area (Å²) >= 11 is 0. The topological polar surface area (TPSA) is 21.7 Å². The fourth-order valence-electron chi connectivity index (χ4n) is 5.72. The molecule has 31 heavy (non-hydrogen) atoms. The molecule has 3 heteroatoms. The number of aryl methyl sites for hydroxylation is 2. The maximum atomic E-state index is 4.98. The molecule has 0 atom stereocenters. The summed E-state index contributed by atoms with van der Waals surface area (Å²) in [6, 6.07) is 18.1. The number of rotatable bonds is 3. The van der Waals surface area contributed by atoms with E-state index in [0.29, 0.717) is 0 Å². The standard InChI is InChI=1S/C28H30N3/c1-19-14-24-27(31-25-11-7-6-10-22(25)17-28(31)29-24)18-23(19)26-16-21(12-13-30(26)2)15-20-8-4-3-5-9-20/h6-7,10-14,16,18,20H,3-5,8-9,15,17H2,1-2H3/q+1. The van der Waals surface area contributed by atoms with Crippen molar-refractivity contribution in [3.8, 4) is 16.9 Å². The second kappa shape index (κ2) is 7.33. The molecular weight excluding hydrogens is 378 g/mol. The maximum Gasteiger partial charge on any atom is 0.212 e. The van der Waals surface area contributed by atoms with Gasteiger partial charge in [-0.1, -0.05) is 50.3 Å². The molecule has 0 bridgehead atoms. The Labute approximate surface area is 184 Å². The summed E-state index contributed by atoms with van der Waals surface area (Å²) in [4.78, 5) is 4.98. The number of para-hydroxylation sites is 1.